The summed E-state index contributed by atoms with van der Waals surface area (Å²) in [4.78, 5) is 9.02. The predicted molar refractivity (Wildman–Crippen MR) is 91.8 cm³/mol. The molecule has 0 fully saturated rings. The highest BCUT2D eigenvalue weighted by Gasteiger charge is 2.18. The number of hydrogen-bond acceptors (Lipinski definition) is 4. The van der Waals surface area contributed by atoms with Crippen LogP contribution in [0.25, 0.3) is 17.0 Å². The van der Waals surface area contributed by atoms with Gasteiger partial charge in [-0.25, -0.2) is 9.97 Å². The van der Waals surface area contributed by atoms with E-state index in [0.717, 1.165) is 28.2 Å². The largest absolute Gasteiger partial charge is 0.378 e. The second-order valence-electron chi connectivity index (χ2n) is 5.19. The van der Waals surface area contributed by atoms with Crippen molar-refractivity contribution in [1.82, 2.24) is 14.4 Å². The van der Waals surface area contributed by atoms with Crippen LogP contribution in [0.3, 0.4) is 0 Å². The monoisotopic (exact) mass is 350 g/mol. The molecule has 0 aliphatic carbocycles. The minimum atomic E-state index is 0.348. The third kappa shape index (κ3) is 2.93. The first-order valence-corrected chi connectivity index (χ1v) is 7.82. The average Bonchev–Trinajstić information content (AvgIpc) is 2.89. The smallest absolute Gasteiger partial charge is 0.234 e. The van der Waals surface area contributed by atoms with Crippen LogP contribution in [-0.4, -0.2) is 21.5 Å². The summed E-state index contributed by atoms with van der Waals surface area (Å²) < 4.78 is 7.06. The first kappa shape index (κ1) is 16.2. The van der Waals surface area contributed by atoms with E-state index in [1.807, 2.05) is 23.6 Å². The molecule has 0 saturated carbocycles. The number of aryl methyl sites for hydroxylation is 1. The summed E-state index contributed by atoms with van der Waals surface area (Å²) in [5, 5.41) is 1.14. The average molecular weight is 351 g/mol. The van der Waals surface area contributed by atoms with E-state index < -0.39 is 0 Å². The normalized spacial score (nSPS) is 11.3. The molecule has 120 valence electrons. The Morgan fingerprint density at radius 2 is 2.04 bits per heavy atom. The third-order valence-corrected chi connectivity index (χ3v) is 4.20. The summed E-state index contributed by atoms with van der Waals surface area (Å²) in [6.07, 6.45) is 1.89. The number of imidazole rings is 1. The molecule has 0 atom stereocenters. The molecule has 0 aliphatic rings. The van der Waals surface area contributed by atoms with Gasteiger partial charge in [0.15, 0.2) is 0 Å². The standard InChI is InChI=1S/C16H16Cl2N4O/c1-9-13(6-19)15(12-4-3-10(17)5-14(12)18)22-7-11(8-23-2)21-16(22)20-9/h3-5,7H,6,8,19H2,1-2H3. The first-order valence-electron chi connectivity index (χ1n) is 7.07. The highest BCUT2D eigenvalue weighted by Crippen LogP contribution is 2.33. The fraction of sp³-hybridized carbons (Fsp3) is 0.250. The van der Waals surface area contributed by atoms with Gasteiger partial charge in [0, 0.05) is 41.7 Å². The quantitative estimate of drug-likeness (QED) is 0.780. The lowest BCUT2D eigenvalue weighted by atomic mass is 10.0. The molecule has 0 saturated heterocycles. The lowest BCUT2D eigenvalue weighted by molar-refractivity contribution is 0.182. The summed E-state index contributed by atoms with van der Waals surface area (Å²) in [7, 11) is 1.63. The van der Waals surface area contributed by atoms with E-state index in [0.29, 0.717) is 29.0 Å². The zero-order chi connectivity index (χ0) is 16.6. The number of rotatable bonds is 4. The Kier molecular flexibility index (Phi) is 4.55. The molecule has 1 aromatic carbocycles. The molecular formula is C16H16Cl2N4O. The number of ether oxygens (including phenoxy) is 1. The summed E-state index contributed by atoms with van der Waals surface area (Å²) in [5.74, 6) is 0.591. The summed E-state index contributed by atoms with van der Waals surface area (Å²) in [6, 6.07) is 5.40. The number of hydrogen-bond donors (Lipinski definition) is 1. The Morgan fingerprint density at radius 3 is 2.70 bits per heavy atom. The molecule has 0 radical (unpaired) electrons. The van der Waals surface area contributed by atoms with Crippen molar-refractivity contribution in [1.29, 1.82) is 0 Å². The second-order valence-corrected chi connectivity index (χ2v) is 6.03. The molecule has 2 heterocycles. The minimum Gasteiger partial charge on any atom is -0.378 e. The Balaban J connectivity index is 2.35. The molecule has 3 rings (SSSR count). The van der Waals surface area contributed by atoms with Crippen molar-refractivity contribution in [3.8, 4) is 11.3 Å². The fourth-order valence-corrected chi connectivity index (χ4v) is 3.13. The molecule has 7 heteroatoms. The Morgan fingerprint density at radius 1 is 1.26 bits per heavy atom. The van der Waals surface area contributed by atoms with Gasteiger partial charge >= 0.3 is 0 Å². The number of aromatic nitrogens is 3. The number of nitrogens with zero attached hydrogens (tertiary/aromatic N) is 3. The number of methoxy groups -OCH3 is 1. The van der Waals surface area contributed by atoms with E-state index in [1.54, 1.807) is 19.2 Å². The van der Waals surface area contributed by atoms with E-state index in [4.69, 9.17) is 33.7 Å². The van der Waals surface area contributed by atoms with Crippen molar-refractivity contribution >= 4 is 29.0 Å². The van der Waals surface area contributed by atoms with Gasteiger partial charge in [0.05, 0.1) is 23.0 Å². The van der Waals surface area contributed by atoms with E-state index in [9.17, 15) is 0 Å². The predicted octanol–water partition coefficient (Wildman–Crippen LogP) is 3.62. The van der Waals surface area contributed by atoms with Crippen LogP contribution < -0.4 is 5.73 Å². The van der Waals surface area contributed by atoms with Gasteiger partial charge in [0.1, 0.15) is 0 Å². The van der Waals surface area contributed by atoms with Crippen molar-refractivity contribution in [2.75, 3.05) is 7.11 Å². The highest BCUT2D eigenvalue weighted by atomic mass is 35.5. The first-order chi connectivity index (χ1) is 11.0. The van der Waals surface area contributed by atoms with Crippen LogP contribution in [0.1, 0.15) is 17.0 Å². The van der Waals surface area contributed by atoms with Crippen molar-refractivity contribution in [2.24, 2.45) is 5.73 Å². The van der Waals surface area contributed by atoms with Gasteiger partial charge in [-0.05, 0) is 25.1 Å². The van der Waals surface area contributed by atoms with E-state index >= 15 is 0 Å². The summed E-state index contributed by atoms with van der Waals surface area (Å²) in [6.45, 7) is 2.68. The van der Waals surface area contributed by atoms with Crippen LogP contribution in [-0.2, 0) is 17.9 Å². The number of benzene rings is 1. The van der Waals surface area contributed by atoms with Crippen LogP contribution in [0.5, 0.6) is 0 Å². The maximum Gasteiger partial charge on any atom is 0.234 e. The van der Waals surface area contributed by atoms with Gasteiger partial charge in [-0.1, -0.05) is 23.2 Å². The van der Waals surface area contributed by atoms with E-state index in [1.165, 1.54) is 0 Å². The molecule has 0 spiro atoms. The van der Waals surface area contributed by atoms with Crippen molar-refractivity contribution in [2.45, 2.75) is 20.1 Å². The molecule has 5 nitrogen and oxygen atoms in total. The van der Waals surface area contributed by atoms with Crippen molar-refractivity contribution in [3.05, 3.63) is 51.4 Å². The van der Waals surface area contributed by atoms with Crippen molar-refractivity contribution < 1.29 is 4.74 Å². The molecule has 23 heavy (non-hydrogen) atoms. The highest BCUT2D eigenvalue weighted by molar-refractivity contribution is 6.36. The number of halogens is 2. The van der Waals surface area contributed by atoms with Gasteiger partial charge in [0.25, 0.3) is 0 Å². The van der Waals surface area contributed by atoms with Gasteiger partial charge in [-0.2, -0.15) is 0 Å². The number of fused-ring (bicyclic) bond motifs is 1. The zero-order valence-corrected chi connectivity index (χ0v) is 14.3. The van der Waals surface area contributed by atoms with Crippen LogP contribution in [0, 0.1) is 6.92 Å². The summed E-state index contributed by atoms with van der Waals surface area (Å²) in [5.41, 5.74) is 10.2. The topological polar surface area (TPSA) is 65.4 Å². The summed E-state index contributed by atoms with van der Waals surface area (Å²) >= 11 is 12.4. The Bertz CT molecular complexity index is 876. The lowest BCUT2D eigenvalue weighted by Crippen LogP contribution is -2.08. The van der Waals surface area contributed by atoms with Gasteiger partial charge in [-0.15, -0.1) is 0 Å². The van der Waals surface area contributed by atoms with Crippen molar-refractivity contribution in [3.63, 3.8) is 0 Å². The number of nitrogens with two attached hydrogens (primary N) is 1. The van der Waals surface area contributed by atoms with E-state index in [2.05, 4.69) is 9.97 Å². The molecule has 0 unspecified atom stereocenters. The molecule has 0 bridgehead atoms. The molecule has 3 aromatic rings. The fourth-order valence-electron chi connectivity index (χ4n) is 2.63. The van der Waals surface area contributed by atoms with Gasteiger partial charge in [-0.3, -0.25) is 4.40 Å². The van der Waals surface area contributed by atoms with Crippen LogP contribution in [0.2, 0.25) is 10.0 Å². The van der Waals surface area contributed by atoms with Gasteiger partial charge < -0.3 is 10.5 Å². The molecule has 0 aliphatic heterocycles. The molecular weight excluding hydrogens is 335 g/mol. The van der Waals surface area contributed by atoms with Gasteiger partial charge in [0.2, 0.25) is 5.78 Å². The Hall–Kier alpha value is -1.66. The second kappa shape index (κ2) is 6.45. The lowest BCUT2D eigenvalue weighted by Gasteiger charge is -2.14. The SMILES string of the molecule is COCc1cn2c(-c3ccc(Cl)cc3Cl)c(CN)c(C)nc2n1. The molecule has 2 N–H and O–H groups in total. The maximum absolute atomic E-state index is 6.41. The molecule has 2 aromatic heterocycles. The molecule has 0 amide bonds. The van der Waals surface area contributed by atoms with Crippen LogP contribution in [0.4, 0.5) is 0 Å². The third-order valence-electron chi connectivity index (χ3n) is 3.65. The zero-order valence-electron chi connectivity index (χ0n) is 12.8. The van der Waals surface area contributed by atoms with Crippen LogP contribution in [0.15, 0.2) is 24.4 Å². The maximum atomic E-state index is 6.41. The van der Waals surface area contributed by atoms with E-state index in [-0.39, 0.29) is 0 Å². The minimum absolute atomic E-state index is 0.348. The van der Waals surface area contributed by atoms with Crippen LogP contribution >= 0.6 is 23.2 Å². The Labute approximate surface area is 144 Å².